The summed E-state index contributed by atoms with van der Waals surface area (Å²) in [4.78, 5) is 12.6. The van der Waals surface area contributed by atoms with Crippen molar-refractivity contribution in [2.75, 3.05) is 19.6 Å². The van der Waals surface area contributed by atoms with Crippen LogP contribution in [-0.2, 0) is 10.0 Å². The number of unbranched alkanes of at least 4 members (excludes halogenated alkanes) is 1. The molecule has 1 aliphatic heterocycles. The third-order valence-electron chi connectivity index (χ3n) is 5.40. The molecular formula is C21H30N2O4S. The Balaban J connectivity index is 1.91. The number of aryl methyl sites for hydroxylation is 1. The van der Waals surface area contributed by atoms with Gasteiger partial charge >= 0.3 is 0 Å². The monoisotopic (exact) mass is 406 g/mol. The summed E-state index contributed by atoms with van der Waals surface area (Å²) in [5.74, 6) is 0.679. The van der Waals surface area contributed by atoms with Crippen molar-refractivity contribution in [3.8, 4) is 0 Å². The fraction of sp³-hybridized carbons (Fsp3) is 0.571. The maximum atomic E-state index is 13.2. The second-order valence-electron chi connectivity index (χ2n) is 8.09. The fourth-order valence-electron chi connectivity index (χ4n) is 3.99. The highest BCUT2D eigenvalue weighted by atomic mass is 32.2. The normalized spacial score (nSPS) is 21.1. The molecule has 2 atom stereocenters. The van der Waals surface area contributed by atoms with Gasteiger partial charge in [0.25, 0.3) is 5.91 Å². The van der Waals surface area contributed by atoms with Gasteiger partial charge in [-0.1, -0.05) is 27.2 Å². The van der Waals surface area contributed by atoms with E-state index in [4.69, 9.17) is 4.42 Å². The maximum Gasteiger partial charge on any atom is 0.287 e. The van der Waals surface area contributed by atoms with Crippen molar-refractivity contribution in [1.82, 2.24) is 9.62 Å². The van der Waals surface area contributed by atoms with Gasteiger partial charge in [-0.25, -0.2) is 8.42 Å². The van der Waals surface area contributed by atoms with E-state index in [1.54, 1.807) is 29.4 Å². The molecule has 3 rings (SSSR count). The van der Waals surface area contributed by atoms with Crippen molar-refractivity contribution in [2.24, 2.45) is 11.8 Å². The van der Waals surface area contributed by atoms with Crippen LogP contribution in [0.5, 0.6) is 0 Å². The number of nitrogens with one attached hydrogen (secondary N) is 1. The van der Waals surface area contributed by atoms with Gasteiger partial charge in [0, 0.05) is 30.6 Å². The van der Waals surface area contributed by atoms with Crippen molar-refractivity contribution in [2.45, 2.75) is 51.9 Å². The fourth-order valence-corrected chi connectivity index (χ4v) is 5.69. The van der Waals surface area contributed by atoms with E-state index in [1.165, 1.54) is 0 Å². The van der Waals surface area contributed by atoms with Crippen LogP contribution in [0.25, 0.3) is 11.0 Å². The molecule has 1 N–H and O–H groups in total. The summed E-state index contributed by atoms with van der Waals surface area (Å²) in [7, 11) is -3.57. The lowest BCUT2D eigenvalue weighted by atomic mass is 9.94. The Labute approximate surface area is 167 Å². The lowest BCUT2D eigenvalue weighted by molar-refractivity contribution is 0.0926. The van der Waals surface area contributed by atoms with Crippen LogP contribution >= 0.6 is 0 Å². The lowest BCUT2D eigenvalue weighted by Gasteiger charge is -2.34. The minimum Gasteiger partial charge on any atom is -0.451 e. The quantitative estimate of drug-likeness (QED) is 0.737. The minimum absolute atomic E-state index is 0.251. The van der Waals surface area contributed by atoms with Crippen molar-refractivity contribution in [3.05, 3.63) is 29.5 Å². The second kappa shape index (κ2) is 8.25. The third kappa shape index (κ3) is 4.10. The Hall–Kier alpha value is -1.86. The molecule has 1 saturated heterocycles. The molecule has 154 valence electrons. The first-order valence-corrected chi connectivity index (χ1v) is 11.5. The van der Waals surface area contributed by atoms with Gasteiger partial charge in [0.2, 0.25) is 10.0 Å². The van der Waals surface area contributed by atoms with E-state index in [0.29, 0.717) is 48.0 Å². The van der Waals surface area contributed by atoms with Crippen LogP contribution in [0.15, 0.2) is 27.5 Å². The molecule has 0 bridgehead atoms. The first-order chi connectivity index (χ1) is 13.2. The first-order valence-electron chi connectivity index (χ1n) is 10.1. The number of amides is 1. The van der Waals surface area contributed by atoms with Crippen molar-refractivity contribution >= 4 is 26.9 Å². The van der Waals surface area contributed by atoms with E-state index in [9.17, 15) is 13.2 Å². The standard InChI is InChI=1S/C21H30N2O4S/c1-5-6-9-22-21(24)20-16(4)18-11-17(7-8-19(18)27-20)28(25,26)23-12-14(2)10-15(3)13-23/h7-8,11,14-15H,5-6,9-10,12-13H2,1-4H3,(H,22,24)/t14-,15-/m1/s1. The Kier molecular flexibility index (Phi) is 6.15. The zero-order valence-electron chi connectivity index (χ0n) is 17.1. The molecule has 0 unspecified atom stereocenters. The molecule has 1 fully saturated rings. The molecule has 7 heteroatoms. The van der Waals surface area contributed by atoms with E-state index in [-0.39, 0.29) is 16.6 Å². The molecule has 1 amide bonds. The zero-order chi connectivity index (χ0) is 20.5. The Bertz CT molecular complexity index is 954. The van der Waals surface area contributed by atoms with Gasteiger partial charge in [0.1, 0.15) is 5.58 Å². The lowest BCUT2D eigenvalue weighted by Crippen LogP contribution is -2.42. The third-order valence-corrected chi connectivity index (χ3v) is 7.23. The van der Waals surface area contributed by atoms with Crippen LogP contribution in [-0.4, -0.2) is 38.3 Å². The van der Waals surface area contributed by atoms with Gasteiger partial charge in [0.05, 0.1) is 4.90 Å². The number of rotatable bonds is 6. The summed E-state index contributed by atoms with van der Waals surface area (Å²) < 4.78 is 33.6. The molecular weight excluding hydrogens is 376 g/mol. The van der Waals surface area contributed by atoms with E-state index in [1.807, 2.05) is 0 Å². The predicted molar refractivity (Wildman–Crippen MR) is 110 cm³/mol. The molecule has 2 aromatic rings. The largest absolute Gasteiger partial charge is 0.451 e. The summed E-state index contributed by atoms with van der Waals surface area (Å²) >= 11 is 0. The van der Waals surface area contributed by atoms with Crippen LogP contribution in [0.4, 0.5) is 0 Å². The van der Waals surface area contributed by atoms with E-state index >= 15 is 0 Å². The number of carbonyl (C=O) groups excluding carboxylic acids is 1. The molecule has 2 heterocycles. The number of piperidine rings is 1. The topological polar surface area (TPSA) is 79.6 Å². The number of hydrogen-bond acceptors (Lipinski definition) is 4. The number of benzene rings is 1. The second-order valence-corrected chi connectivity index (χ2v) is 10.0. The highest BCUT2D eigenvalue weighted by Crippen LogP contribution is 2.31. The summed E-state index contributed by atoms with van der Waals surface area (Å²) in [6, 6.07) is 4.86. The van der Waals surface area contributed by atoms with Gasteiger partial charge < -0.3 is 9.73 Å². The highest BCUT2D eigenvalue weighted by molar-refractivity contribution is 7.89. The molecule has 6 nitrogen and oxygen atoms in total. The molecule has 1 aromatic heterocycles. The average molecular weight is 407 g/mol. The van der Waals surface area contributed by atoms with Crippen LogP contribution in [0.1, 0.15) is 56.2 Å². The number of nitrogens with zero attached hydrogens (tertiary/aromatic N) is 1. The smallest absolute Gasteiger partial charge is 0.287 e. The van der Waals surface area contributed by atoms with Gasteiger partial charge in [-0.15, -0.1) is 0 Å². The summed E-state index contributed by atoms with van der Waals surface area (Å²) in [5.41, 5.74) is 1.19. The Morgan fingerprint density at radius 1 is 1.25 bits per heavy atom. The summed E-state index contributed by atoms with van der Waals surface area (Å²) in [6.45, 7) is 9.71. The van der Waals surface area contributed by atoms with Crippen molar-refractivity contribution < 1.29 is 17.6 Å². The predicted octanol–water partition coefficient (Wildman–Crippen LogP) is 3.94. The van der Waals surface area contributed by atoms with Crippen molar-refractivity contribution in [3.63, 3.8) is 0 Å². The molecule has 0 radical (unpaired) electrons. The van der Waals surface area contributed by atoms with E-state index in [0.717, 1.165) is 19.3 Å². The van der Waals surface area contributed by atoms with Gasteiger partial charge in [-0.05, 0) is 49.8 Å². The van der Waals surface area contributed by atoms with Crippen LogP contribution in [0.3, 0.4) is 0 Å². The summed E-state index contributed by atoms with van der Waals surface area (Å²) in [6.07, 6.45) is 2.94. The molecule has 0 spiro atoms. The van der Waals surface area contributed by atoms with Crippen LogP contribution in [0.2, 0.25) is 0 Å². The SMILES string of the molecule is CCCCNC(=O)c1oc2ccc(S(=O)(=O)N3C[C@H](C)C[C@@H](C)C3)cc2c1C. The molecule has 1 aliphatic rings. The van der Waals surface area contributed by atoms with Gasteiger partial charge in [0.15, 0.2) is 5.76 Å². The summed E-state index contributed by atoms with van der Waals surface area (Å²) in [5, 5.41) is 3.52. The van der Waals surface area contributed by atoms with Crippen LogP contribution in [0, 0.1) is 18.8 Å². The molecule has 0 saturated carbocycles. The number of furan rings is 1. The Morgan fingerprint density at radius 3 is 2.57 bits per heavy atom. The number of hydrogen-bond donors (Lipinski definition) is 1. The number of fused-ring (bicyclic) bond motifs is 1. The average Bonchev–Trinajstić information content (AvgIpc) is 2.97. The minimum atomic E-state index is -3.57. The van der Waals surface area contributed by atoms with Crippen LogP contribution < -0.4 is 5.32 Å². The van der Waals surface area contributed by atoms with Gasteiger partial charge in [-0.2, -0.15) is 4.31 Å². The molecule has 1 aromatic carbocycles. The number of sulfonamides is 1. The Morgan fingerprint density at radius 2 is 1.93 bits per heavy atom. The van der Waals surface area contributed by atoms with Crippen molar-refractivity contribution in [1.29, 1.82) is 0 Å². The van der Waals surface area contributed by atoms with E-state index in [2.05, 4.69) is 26.1 Å². The highest BCUT2D eigenvalue weighted by Gasteiger charge is 2.32. The number of carbonyl (C=O) groups is 1. The molecule has 0 aliphatic carbocycles. The van der Waals surface area contributed by atoms with Gasteiger partial charge in [-0.3, -0.25) is 4.79 Å². The first kappa shape index (κ1) is 20.9. The zero-order valence-corrected chi connectivity index (χ0v) is 17.9. The maximum absolute atomic E-state index is 13.2. The molecule has 28 heavy (non-hydrogen) atoms. The van der Waals surface area contributed by atoms with E-state index < -0.39 is 10.0 Å².